The Morgan fingerprint density at radius 2 is 2.19 bits per heavy atom. The summed E-state index contributed by atoms with van der Waals surface area (Å²) in [4.78, 5) is -0.562. The molecule has 0 spiro atoms. The van der Waals surface area contributed by atoms with Crippen LogP contribution in [0, 0.1) is 5.82 Å². The van der Waals surface area contributed by atoms with Crippen LogP contribution in [0.15, 0.2) is 29.3 Å². The minimum Gasteiger partial charge on any atom is -0.396 e. The predicted octanol–water partition coefficient (Wildman–Crippen LogP) is 1.32. The zero-order chi connectivity index (χ0) is 15.6. The number of hydrogen-bond acceptors (Lipinski definition) is 4. The molecule has 1 aromatic heterocycles. The Bertz CT molecular complexity index is 761. The molecule has 0 radical (unpaired) electrons. The number of benzene rings is 1. The molecule has 9 heteroatoms. The lowest BCUT2D eigenvalue weighted by molar-refractivity contribution is 0.558. The monoisotopic (exact) mass is 332 g/mol. The average molecular weight is 333 g/mol. The highest BCUT2D eigenvalue weighted by molar-refractivity contribution is 7.89. The quantitative estimate of drug-likeness (QED) is 0.808. The van der Waals surface area contributed by atoms with E-state index in [1.807, 2.05) is 0 Å². The van der Waals surface area contributed by atoms with Gasteiger partial charge >= 0.3 is 0 Å². The standard InChI is InChI=1S/C12H14ClFN4O2S/c1-18-5-3-9(17-18)2-4-16-21(19,20)11-7-8(13)6-10(15)12(11)14/h3,5-7,16H,2,4,15H2,1H3. The van der Waals surface area contributed by atoms with Crippen molar-refractivity contribution in [2.24, 2.45) is 7.05 Å². The van der Waals surface area contributed by atoms with E-state index >= 15 is 0 Å². The van der Waals surface area contributed by atoms with Crippen molar-refractivity contribution in [3.8, 4) is 0 Å². The van der Waals surface area contributed by atoms with Gasteiger partial charge < -0.3 is 5.73 Å². The van der Waals surface area contributed by atoms with Crippen molar-refractivity contribution in [1.82, 2.24) is 14.5 Å². The van der Waals surface area contributed by atoms with Gasteiger partial charge in [0.15, 0.2) is 5.82 Å². The number of aryl methyl sites for hydroxylation is 1. The highest BCUT2D eigenvalue weighted by atomic mass is 35.5. The Morgan fingerprint density at radius 1 is 1.48 bits per heavy atom. The largest absolute Gasteiger partial charge is 0.396 e. The van der Waals surface area contributed by atoms with Gasteiger partial charge in [-0.05, 0) is 18.2 Å². The van der Waals surface area contributed by atoms with Crippen molar-refractivity contribution in [1.29, 1.82) is 0 Å². The van der Waals surface area contributed by atoms with Crippen molar-refractivity contribution in [3.05, 3.63) is 40.9 Å². The number of rotatable bonds is 5. The van der Waals surface area contributed by atoms with E-state index in [4.69, 9.17) is 17.3 Å². The SMILES string of the molecule is Cn1ccc(CCNS(=O)(=O)c2cc(Cl)cc(N)c2F)n1. The predicted molar refractivity (Wildman–Crippen MR) is 77.9 cm³/mol. The number of sulfonamides is 1. The molecule has 2 rings (SSSR count). The van der Waals surface area contributed by atoms with Crippen LogP contribution in [0.25, 0.3) is 0 Å². The molecule has 6 nitrogen and oxygen atoms in total. The number of nitrogens with one attached hydrogen (secondary N) is 1. The first-order valence-electron chi connectivity index (χ1n) is 6.02. The van der Waals surface area contributed by atoms with Gasteiger partial charge in [0, 0.05) is 31.2 Å². The number of nitrogen functional groups attached to an aromatic ring is 1. The minimum absolute atomic E-state index is 0.0546. The Hall–Kier alpha value is -1.64. The van der Waals surface area contributed by atoms with Crippen LogP contribution in [0.3, 0.4) is 0 Å². The van der Waals surface area contributed by atoms with E-state index < -0.39 is 20.7 Å². The highest BCUT2D eigenvalue weighted by Gasteiger charge is 2.21. The molecule has 0 saturated carbocycles. The summed E-state index contributed by atoms with van der Waals surface area (Å²) >= 11 is 5.71. The molecule has 0 unspecified atom stereocenters. The molecule has 1 aromatic carbocycles. The van der Waals surface area contributed by atoms with Crippen LogP contribution in [0.2, 0.25) is 5.02 Å². The van der Waals surface area contributed by atoms with Crippen LogP contribution >= 0.6 is 11.6 Å². The average Bonchev–Trinajstić information content (AvgIpc) is 2.79. The van der Waals surface area contributed by atoms with E-state index in [9.17, 15) is 12.8 Å². The van der Waals surface area contributed by atoms with Gasteiger partial charge in [-0.2, -0.15) is 5.10 Å². The summed E-state index contributed by atoms with van der Waals surface area (Å²) in [6, 6.07) is 3.95. The number of nitrogens with zero attached hydrogens (tertiary/aromatic N) is 2. The molecule has 114 valence electrons. The van der Waals surface area contributed by atoms with Crippen LogP contribution in [0.5, 0.6) is 0 Å². The molecule has 0 aliphatic rings. The van der Waals surface area contributed by atoms with Crippen LogP contribution in [-0.2, 0) is 23.5 Å². The lowest BCUT2D eigenvalue weighted by Crippen LogP contribution is -2.27. The summed E-state index contributed by atoms with van der Waals surface area (Å²) in [6.07, 6.45) is 2.14. The van der Waals surface area contributed by atoms with E-state index in [-0.39, 0.29) is 17.3 Å². The molecule has 0 aliphatic carbocycles. The van der Waals surface area contributed by atoms with Gasteiger partial charge in [0.1, 0.15) is 4.90 Å². The van der Waals surface area contributed by atoms with Gasteiger partial charge in [0.2, 0.25) is 10.0 Å². The van der Waals surface area contributed by atoms with Crippen molar-refractivity contribution >= 4 is 27.3 Å². The van der Waals surface area contributed by atoms with Crippen molar-refractivity contribution < 1.29 is 12.8 Å². The summed E-state index contributed by atoms with van der Waals surface area (Å²) in [7, 11) is -2.26. The van der Waals surface area contributed by atoms with Gasteiger partial charge in [-0.15, -0.1) is 0 Å². The van der Waals surface area contributed by atoms with Gasteiger partial charge in [-0.1, -0.05) is 11.6 Å². The Kier molecular flexibility index (Phi) is 4.50. The Morgan fingerprint density at radius 3 is 2.81 bits per heavy atom. The number of anilines is 1. The molecule has 0 atom stereocenters. The second-order valence-electron chi connectivity index (χ2n) is 4.44. The van der Waals surface area contributed by atoms with Gasteiger partial charge in [0.05, 0.1) is 11.4 Å². The zero-order valence-corrected chi connectivity index (χ0v) is 12.7. The molecule has 2 aromatic rings. The highest BCUT2D eigenvalue weighted by Crippen LogP contribution is 2.25. The number of nitrogens with two attached hydrogens (primary N) is 1. The fourth-order valence-corrected chi connectivity index (χ4v) is 3.22. The molecule has 21 heavy (non-hydrogen) atoms. The van der Waals surface area contributed by atoms with E-state index in [2.05, 4.69) is 9.82 Å². The first kappa shape index (κ1) is 15.7. The van der Waals surface area contributed by atoms with Crippen LogP contribution < -0.4 is 10.5 Å². The van der Waals surface area contributed by atoms with E-state index in [0.29, 0.717) is 6.42 Å². The first-order valence-corrected chi connectivity index (χ1v) is 7.88. The second kappa shape index (κ2) is 6.00. The summed E-state index contributed by atoms with van der Waals surface area (Å²) < 4.78 is 41.8. The lowest BCUT2D eigenvalue weighted by Gasteiger charge is -2.09. The van der Waals surface area contributed by atoms with Crippen molar-refractivity contribution in [2.45, 2.75) is 11.3 Å². The first-order chi connectivity index (χ1) is 9.79. The molecule has 0 fully saturated rings. The molecule has 1 heterocycles. The maximum Gasteiger partial charge on any atom is 0.243 e. The molecular formula is C12H14ClFN4O2S. The Labute approximate surface area is 126 Å². The van der Waals surface area contributed by atoms with Gasteiger partial charge in [-0.3, -0.25) is 4.68 Å². The third kappa shape index (κ3) is 3.72. The minimum atomic E-state index is -4.02. The second-order valence-corrected chi connectivity index (χ2v) is 6.61. The van der Waals surface area contributed by atoms with E-state index in [1.54, 1.807) is 24.0 Å². The van der Waals surface area contributed by atoms with Crippen LogP contribution in [-0.4, -0.2) is 24.7 Å². The summed E-state index contributed by atoms with van der Waals surface area (Å²) in [5.74, 6) is -1.01. The summed E-state index contributed by atoms with van der Waals surface area (Å²) in [5, 5.41) is 4.17. The van der Waals surface area contributed by atoms with Gasteiger partial charge in [0.25, 0.3) is 0 Å². The molecule has 0 saturated heterocycles. The normalized spacial score (nSPS) is 11.8. The van der Waals surface area contributed by atoms with Crippen molar-refractivity contribution in [2.75, 3.05) is 12.3 Å². The maximum absolute atomic E-state index is 13.8. The van der Waals surface area contributed by atoms with E-state index in [0.717, 1.165) is 17.8 Å². The lowest BCUT2D eigenvalue weighted by atomic mass is 10.3. The molecule has 0 bridgehead atoms. The van der Waals surface area contributed by atoms with Crippen LogP contribution in [0.4, 0.5) is 10.1 Å². The van der Waals surface area contributed by atoms with Crippen LogP contribution in [0.1, 0.15) is 5.69 Å². The fourth-order valence-electron chi connectivity index (χ4n) is 1.77. The van der Waals surface area contributed by atoms with Gasteiger partial charge in [-0.25, -0.2) is 17.5 Å². The van der Waals surface area contributed by atoms with Crippen molar-refractivity contribution in [3.63, 3.8) is 0 Å². The maximum atomic E-state index is 13.8. The molecule has 3 N–H and O–H groups in total. The summed E-state index contributed by atoms with van der Waals surface area (Å²) in [6.45, 7) is 0.0885. The fraction of sp³-hybridized carbons (Fsp3) is 0.250. The smallest absolute Gasteiger partial charge is 0.243 e. The summed E-state index contributed by atoms with van der Waals surface area (Å²) in [5.41, 5.74) is 5.79. The number of halogens is 2. The topological polar surface area (TPSA) is 90.0 Å². The number of hydrogen-bond donors (Lipinski definition) is 2. The number of aromatic nitrogens is 2. The molecule has 0 amide bonds. The third-order valence-electron chi connectivity index (χ3n) is 2.76. The van der Waals surface area contributed by atoms with E-state index in [1.165, 1.54) is 0 Å². The Balaban J connectivity index is 2.12. The molecular weight excluding hydrogens is 319 g/mol. The zero-order valence-electron chi connectivity index (χ0n) is 11.2. The third-order valence-corrected chi connectivity index (χ3v) is 4.44. The molecule has 0 aliphatic heterocycles.